The molecule has 0 radical (unpaired) electrons. The van der Waals surface area contributed by atoms with E-state index in [0.29, 0.717) is 10.6 Å². The van der Waals surface area contributed by atoms with Crippen molar-refractivity contribution in [3.05, 3.63) is 59.3 Å². The van der Waals surface area contributed by atoms with Crippen molar-refractivity contribution >= 4 is 11.8 Å². The molecule has 0 aliphatic rings. The second-order valence-corrected chi connectivity index (χ2v) is 5.74. The summed E-state index contributed by atoms with van der Waals surface area (Å²) in [6.07, 6.45) is -2.78. The Kier molecular flexibility index (Phi) is 4.53. The third-order valence-corrected chi connectivity index (χ3v) is 3.96. The Labute approximate surface area is 124 Å². The average Bonchev–Trinajstić information content (AvgIpc) is 2.46. The van der Waals surface area contributed by atoms with Crippen LogP contribution in [0.1, 0.15) is 28.9 Å². The molecule has 0 aliphatic heterocycles. The molecule has 1 aromatic carbocycles. The zero-order valence-corrected chi connectivity index (χ0v) is 11.9. The van der Waals surface area contributed by atoms with Crippen LogP contribution in [0.2, 0.25) is 0 Å². The summed E-state index contributed by atoms with van der Waals surface area (Å²) >= 11 is 1.40. The SMILES string of the molecule is CC(Sc1cc(C#N)ccn1)c1ccc(C(F)(F)F)cc1. The summed E-state index contributed by atoms with van der Waals surface area (Å²) < 4.78 is 37.5. The highest BCUT2D eigenvalue weighted by molar-refractivity contribution is 7.99. The first-order valence-electron chi connectivity index (χ1n) is 6.10. The van der Waals surface area contributed by atoms with Gasteiger partial charge >= 0.3 is 6.18 Å². The van der Waals surface area contributed by atoms with Gasteiger partial charge in [-0.3, -0.25) is 0 Å². The molecule has 0 saturated heterocycles. The van der Waals surface area contributed by atoms with Crippen molar-refractivity contribution in [3.8, 4) is 6.07 Å². The summed E-state index contributed by atoms with van der Waals surface area (Å²) in [5, 5.41) is 9.43. The highest BCUT2D eigenvalue weighted by Gasteiger charge is 2.30. The van der Waals surface area contributed by atoms with E-state index in [9.17, 15) is 13.2 Å². The Balaban J connectivity index is 2.13. The van der Waals surface area contributed by atoms with Gasteiger partial charge in [0.15, 0.2) is 0 Å². The summed E-state index contributed by atoms with van der Waals surface area (Å²) in [6, 6.07) is 10.4. The number of benzene rings is 1. The molecule has 0 fully saturated rings. The molecule has 2 nitrogen and oxygen atoms in total. The van der Waals surface area contributed by atoms with Gasteiger partial charge in [0.05, 0.1) is 22.2 Å². The van der Waals surface area contributed by atoms with Crippen molar-refractivity contribution in [2.45, 2.75) is 23.4 Å². The quantitative estimate of drug-likeness (QED) is 0.762. The van der Waals surface area contributed by atoms with Gasteiger partial charge < -0.3 is 0 Å². The minimum Gasteiger partial charge on any atom is -0.250 e. The normalized spacial score (nSPS) is 12.7. The lowest BCUT2D eigenvalue weighted by atomic mass is 10.1. The number of aromatic nitrogens is 1. The molecule has 108 valence electrons. The number of hydrogen-bond acceptors (Lipinski definition) is 3. The molecule has 0 saturated carbocycles. The minimum atomic E-state index is -4.32. The molecular formula is C15H11F3N2S. The first-order chi connectivity index (χ1) is 9.90. The number of hydrogen-bond donors (Lipinski definition) is 0. The molecule has 0 amide bonds. The summed E-state index contributed by atoms with van der Waals surface area (Å²) in [6.45, 7) is 1.88. The van der Waals surface area contributed by atoms with Crippen molar-refractivity contribution < 1.29 is 13.2 Å². The second kappa shape index (κ2) is 6.19. The number of alkyl halides is 3. The van der Waals surface area contributed by atoms with E-state index < -0.39 is 11.7 Å². The fourth-order valence-electron chi connectivity index (χ4n) is 1.74. The van der Waals surface area contributed by atoms with Crippen LogP contribution >= 0.6 is 11.8 Å². The number of thioether (sulfide) groups is 1. The topological polar surface area (TPSA) is 36.7 Å². The molecule has 0 N–H and O–H groups in total. The highest BCUT2D eigenvalue weighted by atomic mass is 32.2. The van der Waals surface area contributed by atoms with Gasteiger partial charge in [0.2, 0.25) is 0 Å². The number of nitrogens with zero attached hydrogens (tertiary/aromatic N) is 2. The highest BCUT2D eigenvalue weighted by Crippen LogP contribution is 2.35. The van der Waals surface area contributed by atoms with Crippen molar-refractivity contribution in [1.29, 1.82) is 5.26 Å². The smallest absolute Gasteiger partial charge is 0.250 e. The van der Waals surface area contributed by atoms with Gasteiger partial charge in [-0.05, 0) is 36.8 Å². The summed E-state index contributed by atoms with van der Waals surface area (Å²) in [5.41, 5.74) is 0.623. The number of halogens is 3. The molecule has 0 aliphatic carbocycles. The van der Waals surface area contributed by atoms with Gasteiger partial charge in [0.1, 0.15) is 0 Å². The van der Waals surface area contributed by atoms with Gasteiger partial charge in [0.25, 0.3) is 0 Å². The maximum Gasteiger partial charge on any atom is 0.416 e. The minimum absolute atomic E-state index is 0.0614. The van der Waals surface area contributed by atoms with E-state index >= 15 is 0 Å². The Morgan fingerprint density at radius 2 is 1.86 bits per heavy atom. The predicted molar refractivity (Wildman–Crippen MR) is 74.7 cm³/mol. The van der Waals surface area contributed by atoms with Crippen LogP contribution in [0.15, 0.2) is 47.6 Å². The number of rotatable bonds is 3. The van der Waals surface area contributed by atoms with Gasteiger partial charge in [-0.2, -0.15) is 18.4 Å². The van der Waals surface area contributed by atoms with E-state index in [1.807, 2.05) is 13.0 Å². The van der Waals surface area contributed by atoms with E-state index in [4.69, 9.17) is 5.26 Å². The van der Waals surface area contributed by atoms with Gasteiger partial charge in [-0.15, -0.1) is 0 Å². The first-order valence-corrected chi connectivity index (χ1v) is 6.98. The monoisotopic (exact) mass is 308 g/mol. The lowest BCUT2D eigenvalue weighted by Crippen LogP contribution is -2.04. The zero-order chi connectivity index (χ0) is 15.5. The predicted octanol–water partition coefficient (Wildman–Crippen LogP) is 4.83. The fraction of sp³-hybridized carbons (Fsp3) is 0.200. The van der Waals surface area contributed by atoms with Gasteiger partial charge in [-0.1, -0.05) is 23.9 Å². The molecule has 6 heteroatoms. The van der Waals surface area contributed by atoms with E-state index in [1.54, 1.807) is 18.3 Å². The molecule has 1 heterocycles. The molecule has 1 atom stereocenters. The van der Waals surface area contributed by atoms with Crippen LogP contribution in [-0.2, 0) is 6.18 Å². The zero-order valence-electron chi connectivity index (χ0n) is 11.1. The van der Waals surface area contributed by atoms with E-state index in [1.165, 1.54) is 23.9 Å². The molecule has 1 unspecified atom stereocenters. The Morgan fingerprint density at radius 1 is 1.19 bits per heavy atom. The van der Waals surface area contributed by atoms with Gasteiger partial charge in [-0.25, -0.2) is 4.98 Å². The van der Waals surface area contributed by atoms with Crippen LogP contribution in [0, 0.1) is 11.3 Å². The van der Waals surface area contributed by atoms with E-state index in [0.717, 1.165) is 17.7 Å². The van der Waals surface area contributed by atoms with Crippen molar-refractivity contribution in [2.24, 2.45) is 0 Å². The Bertz CT molecular complexity index is 660. The summed E-state index contributed by atoms with van der Waals surface area (Å²) in [4.78, 5) is 4.14. The van der Waals surface area contributed by atoms with Crippen LogP contribution in [0.4, 0.5) is 13.2 Å². The first kappa shape index (κ1) is 15.4. The Morgan fingerprint density at radius 3 is 2.43 bits per heavy atom. The fourth-order valence-corrected chi connectivity index (χ4v) is 2.71. The lowest BCUT2D eigenvalue weighted by molar-refractivity contribution is -0.137. The largest absolute Gasteiger partial charge is 0.416 e. The number of pyridine rings is 1. The maximum atomic E-state index is 12.5. The van der Waals surface area contributed by atoms with Crippen molar-refractivity contribution in [1.82, 2.24) is 4.98 Å². The van der Waals surface area contributed by atoms with Crippen molar-refractivity contribution in [3.63, 3.8) is 0 Å². The molecule has 1 aromatic heterocycles. The lowest BCUT2D eigenvalue weighted by Gasteiger charge is -2.13. The molecule has 21 heavy (non-hydrogen) atoms. The molecule has 2 rings (SSSR count). The van der Waals surface area contributed by atoms with Crippen LogP contribution < -0.4 is 0 Å². The van der Waals surface area contributed by atoms with Crippen LogP contribution in [0.3, 0.4) is 0 Å². The summed E-state index contributed by atoms with van der Waals surface area (Å²) in [7, 11) is 0. The molecule has 2 aromatic rings. The van der Waals surface area contributed by atoms with Crippen LogP contribution in [0.25, 0.3) is 0 Å². The molecule has 0 spiro atoms. The standard InChI is InChI=1S/C15H11F3N2S/c1-10(21-14-8-11(9-19)6-7-20-14)12-2-4-13(5-3-12)15(16,17)18/h2-8,10H,1H3. The number of nitriles is 1. The van der Waals surface area contributed by atoms with Crippen molar-refractivity contribution in [2.75, 3.05) is 0 Å². The summed E-state index contributed by atoms with van der Waals surface area (Å²) in [5.74, 6) is 0. The average molecular weight is 308 g/mol. The van der Waals surface area contributed by atoms with Crippen LogP contribution in [0.5, 0.6) is 0 Å². The molecular weight excluding hydrogens is 297 g/mol. The van der Waals surface area contributed by atoms with E-state index in [-0.39, 0.29) is 5.25 Å². The van der Waals surface area contributed by atoms with E-state index in [2.05, 4.69) is 4.98 Å². The molecule has 0 bridgehead atoms. The maximum absolute atomic E-state index is 12.5. The third-order valence-electron chi connectivity index (χ3n) is 2.87. The third kappa shape index (κ3) is 3.99. The van der Waals surface area contributed by atoms with Gasteiger partial charge in [0, 0.05) is 11.4 Å². The second-order valence-electron chi connectivity index (χ2n) is 4.37. The van der Waals surface area contributed by atoms with Crippen LogP contribution in [-0.4, -0.2) is 4.98 Å². The Hall–Kier alpha value is -2.00.